The van der Waals surface area contributed by atoms with Gasteiger partial charge in [0.1, 0.15) is 5.60 Å². The van der Waals surface area contributed by atoms with Crippen LogP contribution in [0.4, 0.5) is 0 Å². The first-order valence-corrected chi connectivity index (χ1v) is 4.30. The summed E-state index contributed by atoms with van der Waals surface area (Å²) >= 11 is 0. The van der Waals surface area contributed by atoms with Gasteiger partial charge in [0.25, 0.3) is 0 Å². The molecule has 1 atom stereocenters. The quantitative estimate of drug-likeness (QED) is 0.658. The van der Waals surface area contributed by atoms with E-state index in [4.69, 9.17) is 0 Å². The van der Waals surface area contributed by atoms with Gasteiger partial charge >= 0.3 is 0 Å². The van der Waals surface area contributed by atoms with Crippen molar-refractivity contribution >= 4 is 5.78 Å². The summed E-state index contributed by atoms with van der Waals surface area (Å²) in [6.45, 7) is 4.06. The van der Waals surface area contributed by atoms with Gasteiger partial charge in [0.05, 0.1) is 0 Å². The third-order valence-electron chi connectivity index (χ3n) is 2.26. The number of carbonyl (C=O) groups excluding carboxylic acids is 1. The van der Waals surface area contributed by atoms with Crippen molar-refractivity contribution in [2.75, 3.05) is 0 Å². The van der Waals surface area contributed by atoms with Crippen molar-refractivity contribution in [1.82, 2.24) is 0 Å². The number of Topliss-reactive ketones (excluding diaryl/α,β-unsaturated/α-hetero) is 1. The predicted molar refractivity (Wildman–Crippen MR) is 43.3 cm³/mol. The highest BCUT2D eigenvalue weighted by atomic mass is 16.3. The lowest BCUT2D eigenvalue weighted by molar-refractivity contribution is -0.134. The fourth-order valence-corrected chi connectivity index (χ4v) is 1.80. The van der Waals surface area contributed by atoms with E-state index in [1.165, 1.54) is 0 Å². The van der Waals surface area contributed by atoms with Crippen LogP contribution >= 0.6 is 0 Å². The molecule has 0 bridgehead atoms. The molecular formula is C9H16O2. The van der Waals surface area contributed by atoms with Crippen molar-refractivity contribution in [3.05, 3.63) is 0 Å². The second-order valence-corrected chi connectivity index (χ2v) is 3.91. The summed E-state index contributed by atoms with van der Waals surface area (Å²) in [5.41, 5.74) is -0.964. The van der Waals surface area contributed by atoms with Gasteiger partial charge in [-0.2, -0.15) is 0 Å². The molecule has 1 aliphatic rings. The summed E-state index contributed by atoms with van der Waals surface area (Å²) in [7, 11) is 0. The van der Waals surface area contributed by atoms with Gasteiger partial charge in [-0.05, 0) is 25.2 Å². The Kier molecular flexibility index (Phi) is 2.33. The van der Waals surface area contributed by atoms with Crippen LogP contribution in [-0.2, 0) is 4.79 Å². The zero-order chi connectivity index (χ0) is 8.48. The zero-order valence-corrected chi connectivity index (χ0v) is 7.26. The molecular weight excluding hydrogens is 140 g/mol. The van der Waals surface area contributed by atoms with E-state index in [-0.39, 0.29) is 5.78 Å². The van der Waals surface area contributed by atoms with Gasteiger partial charge in [0.15, 0.2) is 5.78 Å². The van der Waals surface area contributed by atoms with Crippen molar-refractivity contribution in [3.8, 4) is 0 Å². The summed E-state index contributed by atoms with van der Waals surface area (Å²) in [6.07, 6.45) is 2.74. The summed E-state index contributed by atoms with van der Waals surface area (Å²) in [5, 5.41) is 9.78. The molecule has 2 nitrogen and oxygen atoms in total. The average molecular weight is 156 g/mol. The Morgan fingerprint density at radius 1 is 1.64 bits per heavy atom. The Hall–Kier alpha value is -0.370. The van der Waals surface area contributed by atoms with E-state index in [0.29, 0.717) is 25.2 Å². The summed E-state index contributed by atoms with van der Waals surface area (Å²) in [6, 6.07) is 0. The largest absolute Gasteiger partial charge is 0.382 e. The first kappa shape index (κ1) is 8.72. The number of hydrogen-bond acceptors (Lipinski definition) is 2. The number of ketones is 1. The number of hydrogen-bond donors (Lipinski definition) is 1. The highest BCUT2D eigenvalue weighted by molar-refractivity contribution is 5.88. The smallest absolute Gasteiger partial charge is 0.164 e. The molecule has 0 aromatic rings. The summed E-state index contributed by atoms with van der Waals surface area (Å²) in [5.74, 6) is 0.452. The van der Waals surface area contributed by atoms with Gasteiger partial charge in [-0.1, -0.05) is 13.8 Å². The lowest BCUT2D eigenvalue weighted by Gasteiger charge is -2.22. The van der Waals surface area contributed by atoms with Crippen LogP contribution in [0.1, 0.15) is 39.5 Å². The maximum atomic E-state index is 11.2. The van der Waals surface area contributed by atoms with Crippen molar-refractivity contribution < 1.29 is 9.90 Å². The lowest BCUT2D eigenvalue weighted by Crippen LogP contribution is -2.34. The molecule has 1 rings (SSSR count). The highest BCUT2D eigenvalue weighted by Gasteiger charge is 2.39. The molecule has 0 saturated heterocycles. The zero-order valence-electron chi connectivity index (χ0n) is 7.26. The molecule has 1 unspecified atom stereocenters. The minimum Gasteiger partial charge on any atom is -0.382 e. The van der Waals surface area contributed by atoms with Crippen LogP contribution in [0.3, 0.4) is 0 Å². The van der Waals surface area contributed by atoms with Crippen molar-refractivity contribution in [3.63, 3.8) is 0 Å². The third-order valence-corrected chi connectivity index (χ3v) is 2.26. The van der Waals surface area contributed by atoms with E-state index >= 15 is 0 Å². The van der Waals surface area contributed by atoms with Gasteiger partial charge in [-0.3, -0.25) is 4.79 Å². The predicted octanol–water partition coefficient (Wildman–Crippen LogP) is 1.52. The van der Waals surface area contributed by atoms with Gasteiger partial charge in [0, 0.05) is 6.42 Å². The monoisotopic (exact) mass is 156 g/mol. The van der Waals surface area contributed by atoms with E-state index in [2.05, 4.69) is 0 Å². The van der Waals surface area contributed by atoms with Gasteiger partial charge in [-0.15, -0.1) is 0 Å². The van der Waals surface area contributed by atoms with E-state index in [0.717, 1.165) is 6.42 Å². The van der Waals surface area contributed by atoms with Crippen molar-refractivity contribution in [1.29, 1.82) is 0 Å². The molecule has 0 aliphatic heterocycles. The molecule has 1 saturated carbocycles. The molecule has 1 N–H and O–H groups in total. The molecule has 64 valence electrons. The van der Waals surface area contributed by atoms with Crippen LogP contribution in [0.2, 0.25) is 0 Å². The van der Waals surface area contributed by atoms with E-state index < -0.39 is 5.60 Å². The van der Waals surface area contributed by atoms with Gasteiger partial charge in [-0.25, -0.2) is 0 Å². The van der Waals surface area contributed by atoms with Crippen LogP contribution in [0.5, 0.6) is 0 Å². The molecule has 0 aromatic heterocycles. The van der Waals surface area contributed by atoms with Crippen LogP contribution in [0.25, 0.3) is 0 Å². The van der Waals surface area contributed by atoms with E-state index in [1.807, 2.05) is 13.8 Å². The van der Waals surface area contributed by atoms with Crippen molar-refractivity contribution in [2.45, 2.75) is 45.1 Å². The van der Waals surface area contributed by atoms with Crippen LogP contribution in [-0.4, -0.2) is 16.5 Å². The Morgan fingerprint density at radius 2 is 2.27 bits per heavy atom. The Labute approximate surface area is 67.6 Å². The number of aliphatic hydroxyl groups is 1. The second kappa shape index (κ2) is 2.94. The third kappa shape index (κ3) is 1.80. The molecule has 2 heteroatoms. The summed E-state index contributed by atoms with van der Waals surface area (Å²) in [4.78, 5) is 11.2. The van der Waals surface area contributed by atoms with Crippen LogP contribution in [0.15, 0.2) is 0 Å². The Balaban J connectivity index is 2.58. The summed E-state index contributed by atoms with van der Waals surface area (Å²) < 4.78 is 0. The SMILES string of the molecule is CC(C)CC1(O)CCCC1=O. The Bertz CT molecular complexity index is 163. The lowest BCUT2D eigenvalue weighted by atomic mass is 9.90. The molecule has 0 heterocycles. The first-order chi connectivity index (χ1) is 5.04. The standard InChI is InChI=1S/C9H16O2/c1-7(2)6-9(11)5-3-4-8(9)10/h7,11H,3-6H2,1-2H3. The topological polar surface area (TPSA) is 37.3 Å². The highest BCUT2D eigenvalue weighted by Crippen LogP contribution is 2.31. The second-order valence-electron chi connectivity index (χ2n) is 3.91. The number of carbonyl (C=O) groups is 1. The fourth-order valence-electron chi connectivity index (χ4n) is 1.80. The molecule has 1 aliphatic carbocycles. The number of rotatable bonds is 2. The maximum absolute atomic E-state index is 11.2. The van der Waals surface area contributed by atoms with Crippen LogP contribution in [0, 0.1) is 5.92 Å². The minimum atomic E-state index is -0.964. The molecule has 11 heavy (non-hydrogen) atoms. The molecule has 0 aromatic carbocycles. The molecule has 0 spiro atoms. The van der Waals surface area contributed by atoms with E-state index in [1.54, 1.807) is 0 Å². The first-order valence-electron chi connectivity index (χ1n) is 4.30. The molecule has 1 fully saturated rings. The van der Waals surface area contributed by atoms with Gasteiger partial charge in [0.2, 0.25) is 0 Å². The normalized spacial score (nSPS) is 31.8. The minimum absolute atomic E-state index is 0.0474. The van der Waals surface area contributed by atoms with Crippen molar-refractivity contribution in [2.24, 2.45) is 5.92 Å². The molecule has 0 amide bonds. The van der Waals surface area contributed by atoms with Gasteiger partial charge < -0.3 is 5.11 Å². The van der Waals surface area contributed by atoms with E-state index in [9.17, 15) is 9.90 Å². The fraction of sp³-hybridized carbons (Fsp3) is 0.889. The molecule has 0 radical (unpaired) electrons. The maximum Gasteiger partial charge on any atom is 0.164 e. The van der Waals surface area contributed by atoms with Crippen LogP contribution < -0.4 is 0 Å². The average Bonchev–Trinajstić information content (AvgIpc) is 2.11. The Morgan fingerprint density at radius 3 is 2.64 bits per heavy atom.